The summed E-state index contributed by atoms with van der Waals surface area (Å²) in [6, 6.07) is -0.166. The van der Waals surface area contributed by atoms with Gasteiger partial charge < -0.3 is 14.7 Å². The third-order valence-corrected chi connectivity index (χ3v) is 6.52. The molecular formula is C25H51NO2S. The fraction of sp³-hybridized carbons (Fsp3) is 0.960. The van der Waals surface area contributed by atoms with Gasteiger partial charge in [0.25, 0.3) is 0 Å². The van der Waals surface area contributed by atoms with Crippen molar-refractivity contribution in [3.63, 3.8) is 0 Å². The lowest BCUT2D eigenvalue weighted by atomic mass is 10.0. The molecule has 29 heavy (non-hydrogen) atoms. The molecule has 0 bridgehead atoms. The summed E-state index contributed by atoms with van der Waals surface area (Å²) in [5.74, 6) is 0. The molecular weight excluding hydrogens is 378 g/mol. The number of aliphatic hydroxyl groups excluding tert-OH is 1. The van der Waals surface area contributed by atoms with Gasteiger partial charge in [-0.1, -0.05) is 122 Å². The summed E-state index contributed by atoms with van der Waals surface area (Å²) < 4.78 is 0.510. The topological polar surface area (TPSA) is 43.3 Å². The molecule has 0 radical (unpaired) electrons. The van der Waals surface area contributed by atoms with Gasteiger partial charge in [-0.25, -0.2) is 0 Å². The molecule has 0 fully saturated rings. The molecule has 2 unspecified atom stereocenters. The Labute approximate surface area is 187 Å². The largest absolute Gasteiger partial charge is 0.863 e. The number of quaternary nitrogens is 1. The van der Waals surface area contributed by atoms with Crippen LogP contribution >= 0.6 is 12.2 Å². The molecule has 0 heterocycles. The molecule has 174 valence electrons. The lowest BCUT2D eigenvalue weighted by Gasteiger charge is -2.41. The van der Waals surface area contributed by atoms with E-state index in [1.807, 2.05) is 14.1 Å². The Balaban J connectivity index is 3.62. The second-order valence-corrected chi connectivity index (χ2v) is 10.0. The van der Waals surface area contributed by atoms with Crippen LogP contribution in [0, 0.1) is 0 Å². The maximum Gasteiger partial charge on any atom is 0.110 e. The number of nitrogens with zero attached hydrogens (tertiary/aromatic N) is 1. The highest BCUT2D eigenvalue weighted by Gasteiger charge is 2.29. The zero-order chi connectivity index (χ0) is 22.0. The van der Waals surface area contributed by atoms with E-state index in [-0.39, 0.29) is 17.2 Å². The maximum absolute atomic E-state index is 11.8. The Morgan fingerprint density at radius 2 is 1.14 bits per heavy atom. The molecule has 0 aromatic heterocycles. The summed E-state index contributed by atoms with van der Waals surface area (Å²) in [6.07, 6.45) is 21.2. The first-order chi connectivity index (χ1) is 13.8. The molecule has 1 N–H and O–H groups in total. The molecule has 2 atom stereocenters. The minimum atomic E-state index is -0.337. The van der Waals surface area contributed by atoms with Crippen molar-refractivity contribution in [2.75, 3.05) is 20.6 Å². The predicted molar refractivity (Wildman–Crippen MR) is 129 cm³/mol. The Bertz CT molecular complexity index is 387. The van der Waals surface area contributed by atoms with Gasteiger partial charge in [0.1, 0.15) is 18.7 Å². The third-order valence-electron chi connectivity index (χ3n) is 6.25. The SMILES string of the molecule is CCCCCCCCCCCCCCCCC(O)C[N+](C)(C)C(CCC)C([O-])=S. The number of aliphatic hydroxyl groups is 1. The highest BCUT2D eigenvalue weighted by Crippen LogP contribution is 2.17. The van der Waals surface area contributed by atoms with E-state index < -0.39 is 0 Å². The summed E-state index contributed by atoms with van der Waals surface area (Å²) in [5.41, 5.74) is 0. The van der Waals surface area contributed by atoms with Gasteiger partial charge in [-0.15, -0.1) is 0 Å². The van der Waals surface area contributed by atoms with Crippen LogP contribution in [0.25, 0.3) is 0 Å². The molecule has 0 spiro atoms. The van der Waals surface area contributed by atoms with Crippen molar-refractivity contribution >= 4 is 17.3 Å². The number of rotatable bonds is 21. The normalized spacial score (nSPS) is 14.1. The van der Waals surface area contributed by atoms with Crippen molar-refractivity contribution in [2.24, 2.45) is 0 Å². The van der Waals surface area contributed by atoms with Gasteiger partial charge in [0.15, 0.2) is 0 Å². The van der Waals surface area contributed by atoms with E-state index in [4.69, 9.17) is 12.2 Å². The molecule has 0 aliphatic carbocycles. The minimum Gasteiger partial charge on any atom is -0.863 e. The highest BCUT2D eigenvalue weighted by atomic mass is 32.1. The molecule has 0 aromatic rings. The number of thiocarbonyl (C=S) groups is 1. The fourth-order valence-electron chi connectivity index (χ4n) is 4.36. The van der Waals surface area contributed by atoms with E-state index in [1.54, 1.807) is 0 Å². The lowest BCUT2D eigenvalue weighted by Crippen LogP contribution is -2.58. The van der Waals surface area contributed by atoms with Crippen LogP contribution < -0.4 is 5.11 Å². The third kappa shape index (κ3) is 16.2. The van der Waals surface area contributed by atoms with Gasteiger partial charge in [-0.3, -0.25) is 0 Å². The van der Waals surface area contributed by atoms with E-state index in [9.17, 15) is 10.2 Å². The lowest BCUT2D eigenvalue weighted by molar-refractivity contribution is -0.910. The number of unbranched alkanes of at least 4 members (excludes halogenated alkanes) is 13. The van der Waals surface area contributed by atoms with E-state index in [0.717, 1.165) is 25.7 Å². The van der Waals surface area contributed by atoms with E-state index >= 15 is 0 Å². The molecule has 3 nitrogen and oxygen atoms in total. The first-order valence-corrected chi connectivity index (χ1v) is 13.0. The van der Waals surface area contributed by atoms with Crippen molar-refractivity contribution < 1.29 is 14.7 Å². The average Bonchev–Trinajstić information content (AvgIpc) is 2.65. The second-order valence-electron chi connectivity index (χ2n) is 9.62. The zero-order valence-corrected chi connectivity index (χ0v) is 20.9. The van der Waals surface area contributed by atoms with Crippen molar-refractivity contribution in [2.45, 2.75) is 135 Å². The standard InChI is InChI=1S/C25H51NO2S/c1-5-7-8-9-10-11-12-13-14-15-16-17-18-19-21-23(27)22-26(3,4)24(20-6-2)25(28)29/h23-24,27H,5-22H2,1-4H3. The van der Waals surface area contributed by atoms with Crippen LogP contribution in [0.4, 0.5) is 0 Å². The van der Waals surface area contributed by atoms with Crippen molar-refractivity contribution in [1.82, 2.24) is 0 Å². The van der Waals surface area contributed by atoms with E-state index in [2.05, 4.69) is 13.8 Å². The number of hydrogen-bond acceptors (Lipinski definition) is 3. The molecule has 0 saturated heterocycles. The number of likely N-dealkylation sites (N-methyl/N-ethyl adjacent to an activating group) is 1. The maximum atomic E-state index is 11.8. The molecule has 0 amide bonds. The molecule has 0 rings (SSSR count). The van der Waals surface area contributed by atoms with E-state index in [0.29, 0.717) is 11.0 Å². The Morgan fingerprint density at radius 1 is 0.724 bits per heavy atom. The molecule has 0 saturated carbocycles. The monoisotopic (exact) mass is 429 g/mol. The second kappa shape index (κ2) is 18.6. The van der Waals surface area contributed by atoms with Crippen LogP contribution in [0.3, 0.4) is 0 Å². The van der Waals surface area contributed by atoms with Gasteiger partial charge in [-0.05, 0) is 11.5 Å². The van der Waals surface area contributed by atoms with Crippen molar-refractivity contribution in [3.8, 4) is 0 Å². The number of hydrogen-bond donors (Lipinski definition) is 1. The predicted octanol–water partition coefficient (Wildman–Crippen LogP) is 6.15. The summed E-state index contributed by atoms with van der Waals surface area (Å²) in [5, 5.41) is 22.0. The molecule has 0 aliphatic heterocycles. The van der Waals surface area contributed by atoms with Crippen LogP contribution in [0.2, 0.25) is 0 Å². The van der Waals surface area contributed by atoms with Crippen LogP contribution in [0.5, 0.6) is 0 Å². The van der Waals surface area contributed by atoms with Gasteiger partial charge >= 0.3 is 0 Å². The summed E-state index contributed by atoms with van der Waals surface area (Å²) >= 11 is 4.93. The first-order valence-electron chi connectivity index (χ1n) is 12.6. The van der Waals surface area contributed by atoms with Crippen LogP contribution in [-0.2, 0) is 0 Å². The average molecular weight is 430 g/mol. The van der Waals surface area contributed by atoms with Crippen molar-refractivity contribution in [1.29, 1.82) is 0 Å². The summed E-state index contributed by atoms with van der Waals surface area (Å²) in [7, 11) is 4.05. The fourth-order valence-corrected chi connectivity index (χ4v) is 4.77. The quantitative estimate of drug-likeness (QED) is 0.135. The van der Waals surface area contributed by atoms with Crippen LogP contribution in [0.15, 0.2) is 0 Å². The Kier molecular flexibility index (Phi) is 18.4. The smallest absolute Gasteiger partial charge is 0.110 e. The first kappa shape index (κ1) is 28.8. The van der Waals surface area contributed by atoms with Gasteiger partial charge in [0, 0.05) is 6.42 Å². The molecule has 0 aromatic carbocycles. The highest BCUT2D eigenvalue weighted by molar-refractivity contribution is 7.80. The minimum absolute atomic E-state index is 0.166. The van der Waals surface area contributed by atoms with Crippen molar-refractivity contribution in [3.05, 3.63) is 0 Å². The van der Waals surface area contributed by atoms with E-state index in [1.165, 1.54) is 83.5 Å². The Morgan fingerprint density at radius 3 is 1.52 bits per heavy atom. The van der Waals surface area contributed by atoms with Gasteiger partial charge in [0.2, 0.25) is 0 Å². The summed E-state index contributed by atoms with van der Waals surface area (Å²) in [6.45, 7) is 4.97. The molecule has 4 heteroatoms. The Hall–Kier alpha value is -0.190. The zero-order valence-electron chi connectivity index (χ0n) is 20.1. The van der Waals surface area contributed by atoms with Crippen LogP contribution in [0.1, 0.15) is 123 Å². The molecule has 0 aliphatic rings. The summed E-state index contributed by atoms with van der Waals surface area (Å²) in [4.78, 5) is 0. The van der Waals surface area contributed by atoms with Gasteiger partial charge in [-0.2, -0.15) is 0 Å². The van der Waals surface area contributed by atoms with Gasteiger partial charge in [0.05, 0.1) is 14.1 Å². The van der Waals surface area contributed by atoms with Crippen LogP contribution in [-0.4, -0.2) is 47.4 Å².